The van der Waals surface area contributed by atoms with Gasteiger partial charge in [0.2, 0.25) is 5.91 Å². The van der Waals surface area contributed by atoms with E-state index < -0.39 is 0 Å². The maximum atomic E-state index is 11.7. The van der Waals surface area contributed by atoms with E-state index in [1.165, 1.54) is 32.1 Å². The number of ether oxygens (including phenoxy) is 2. The van der Waals surface area contributed by atoms with E-state index in [1.54, 1.807) is 6.07 Å². The monoisotopic (exact) mass is 370 g/mol. The van der Waals surface area contributed by atoms with Crippen molar-refractivity contribution in [2.24, 2.45) is 23.0 Å². The number of methoxy groups -OCH3 is 1. The Bertz CT molecular complexity index is 723. The quantitative estimate of drug-likeness (QED) is 0.885. The van der Waals surface area contributed by atoms with Gasteiger partial charge in [0, 0.05) is 49.1 Å². The van der Waals surface area contributed by atoms with Gasteiger partial charge in [-0.05, 0) is 43.4 Å². The minimum absolute atomic E-state index is 0.290. The van der Waals surface area contributed by atoms with Gasteiger partial charge in [0.05, 0.1) is 13.2 Å². The number of fused-ring (bicyclic) bond motifs is 2. The number of likely N-dealkylation sites (tertiary alicyclic amines) is 1. The molecule has 2 aliphatic carbocycles. The largest absolute Gasteiger partial charge is 0.380 e. The lowest BCUT2D eigenvalue weighted by Gasteiger charge is -2.61. The Balaban J connectivity index is 1.42. The van der Waals surface area contributed by atoms with Crippen molar-refractivity contribution < 1.29 is 14.3 Å². The first-order chi connectivity index (χ1) is 13.1. The zero-order valence-electron chi connectivity index (χ0n) is 16.2. The molecular weight excluding hydrogens is 340 g/mol. The van der Waals surface area contributed by atoms with E-state index in [-0.39, 0.29) is 11.5 Å². The minimum Gasteiger partial charge on any atom is -0.380 e. The summed E-state index contributed by atoms with van der Waals surface area (Å²) in [5, 5.41) is 0. The number of nitrogens with zero attached hydrogens (tertiary/aromatic N) is 1. The van der Waals surface area contributed by atoms with Gasteiger partial charge in [-0.15, -0.1) is 0 Å². The first-order valence-electron chi connectivity index (χ1n) is 10.3. The van der Waals surface area contributed by atoms with Gasteiger partial charge in [0.1, 0.15) is 5.60 Å². The second-order valence-electron chi connectivity index (χ2n) is 9.28. The molecule has 0 radical (unpaired) electrons. The van der Waals surface area contributed by atoms with Crippen LogP contribution < -0.4 is 5.73 Å². The van der Waals surface area contributed by atoms with Crippen LogP contribution in [-0.2, 0) is 15.1 Å². The summed E-state index contributed by atoms with van der Waals surface area (Å²) in [6, 6.07) is 8.56. The van der Waals surface area contributed by atoms with Crippen molar-refractivity contribution in [3.05, 3.63) is 35.4 Å². The maximum absolute atomic E-state index is 11.7. The zero-order valence-corrected chi connectivity index (χ0v) is 16.2. The van der Waals surface area contributed by atoms with Crippen LogP contribution >= 0.6 is 0 Å². The first kappa shape index (κ1) is 17.7. The summed E-state index contributed by atoms with van der Waals surface area (Å²) in [5.41, 5.74) is 7.47. The lowest BCUT2D eigenvalue weighted by atomic mass is 9.59. The number of carbonyl (C=O) groups is 1. The van der Waals surface area contributed by atoms with Crippen molar-refractivity contribution in [2.45, 2.75) is 43.7 Å². The number of hydrogen-bond acceptors (Lipinski definition) is 4. The predicted octanol–water partition coefficient (Wildman–Crippen LogP) is 2.54. The number of carbonyl (C=O) groups excluding carboxylic acids is 1. The second-order valence-corrected chi connectivity index (χ2v) is 9.28. The smallest absolute Gasteiger partial charge is 0.248 e. The van der Waals surface area contributed by atoms with Crippen molar-refractivity contribution in [3.63, 3.8) is 0 Å². The molecule has 1 amide bonds. The van der Waals surface area contributed by atoms with Crippen LogP contribution in [0.3, 0.4) is 0 Å². The van der Waals surface area contributed by atoms with Gasteiger partial charge in [0.15, 0.2) is 0 Å². The fraction of sp³-hybridized carbons (Fsp3) is 0.682. The van der Waals surface area contributed by atoms with E-state index >= 15 is 0 Å². The van der Waals surface area contributed by atoms with E-state index in [4.69, 9.17) is 15.2 Å². The number of primary amides is 1. The summed E-state index contributed by atoms with van der Waals surface area (Å²) in [4.78, 5) is 14.5. The third-order valence-corrected chi connectivity index (χ3v) is 7.83. The molecule has 27 heavy (non-hydrogen) atoms. The molecule has 2 heterocycles. The molecule has 5 nitrogen and oxygen atoms in total. The van der Waals surface area contributed by atoms with Gasteiger partial charge >= 0.3 is 0 Å². The molecule has 2 aliphatic heterocycles. The van der Waals surface area contributed by atoms with Crippen LogP contribution in [0.4, 0.5) is 0 Å². The molecule has 4 aliphatic rings. The van der Waals surface area contributed by atoms with E-state index in [2.05, 4.69) is 11.0 Å². The lowest BCUT2D eigenvalue weighted by molar-refractivity contribution is -0.215. The Morgan fingerprint density at radius 2 is 1.93 bits per heavy atom. The fourth-order valence-electron chi connectivity index (χ4n) is 6.43. The first-order valence-corrected chi connectivity index (χ1v) is 10.3. The molecule has 5 heteroatoms. The van der Waals surface area contributed by atoms with Gasteiger partial charge < -0.3 is 15.2 Å². The third kappa shape index (κ3) is 2.59. The van der Waals surface area contributed by atoms with Crippen LogP contribution in [0.15, 0.2) is 24.3 Å². The number of piperidine rings is 1. The average molecular weight is 370 g/mol. The molecule has 2 saturated carbocycles. The minimum atomic E-state index is -0.367. The molecule has 0 aromatic heterocycles. The summed E-state index contributed by atoms with van der Waals surface area (Å²) >= 11 is 0. The van der Waals surface area contributed by atoms with Crippen molar-refractivity contribution in [3.8, 4) is 0 Å². The molecule has 1 aromatic carbocycles. The standard InChI is InChI=1S/C22H30N2O3/c1-26-22(16-5-2-4-15(8-16)20(23)25)17-6-3-7-18(22)12-24(11-17)19-9-21(10-19)13-27-14-21/h2,4-5,8,17-19H,3,6-7,9-14H2,1H3,(H2,23,25)/t17-,18+,22?. The second kappa shape index (κ2) is 6.29. The van der Waals surface area contributed by atoms with Gasteiger partial charge in [-0.1, -0.05) is 18.6 Å². The van der Waals surface area contributed by atoms with E-state index in [1.807, 2.05) is 19.2 Å². The van der Waals surface area contributed by atoms with Gasteiger partial charge in [-0.25, -0.2) is 0 Å². The Hall–Kier alpha value is -1.43. The summed E-state index contributed by atoms with van der Waals surface area (Å²) in [6.45, 7) is 4.11. The molecule has 1 aromatic rings. The van der Waals surface area contributed by atoms with Crippen molar-refractivity contribution in [2.75, 3.05) is 33.4 Å². The van der Waals surface area contributed by atoms with E-state index in [0.29, 0.717) is 28.9 Å². The number of hydrogen-bond donors (Lipinski definition) is 1. The van der Waals surface area contributed by atoms with Crippen molar-refractivity contribution >= 4 is 5.91 Å². The SMILES string of the molecule is COC1(c2cccc(C(N)=O)c2)[C@@H]2CCC[C@H]1CN(C1CC3(COC3)C1)C2. The third-order valence-electron chi connectivity index (χ3n) is 7.83. The summed E-state index contributed by atoms with van der Waals surface area (Å²) in [7, 11) is 1.85. The molecule has 5 rings (SSSR count). The zero-order chi connectivity index (χ0) is 18.6. The molecule has 3 atom stereocenters. The van der Waals surface area contributed by atoms with Crippen LogP contribution in [0, 0.1) is 17.3 Å². The molecule has 1 unspecified atom stereocenters. The molecule has 146 valence electrons. The number of nitrogens with two attached hydrogens (primary N) is 1. The highest BCUT2D eigenvalue weighted by molar-refractivity contribution is 5.92. The Kier molecular flexibility index (Phi) is 4.12. The lowest BCUT2D eigenvalue weighted by Crippen LogP contribution is -2.66. The van der Waals surface area contributed by atoms with Crippen LogP contribution in [-0.4, -0.2) is 50.3 Å². The van der Waals surface area contributed by atoms with E-state index in [0.717, 1.165) is 31.9 Å². The molecular formula is C22H30N2O3. The molecule has 2 bridgehead atoms. The fourth-order valence-corrected chi connectivity index (χ4v) is 6.43. The van der Waals surface area contributed by atoms with Crippen molar-refractivity contribution in [1.82, 2.24) is 4.90 Å². The summed E-state index contributed by atoms with van der Waals surface area (Å²) in [6.07, 6.45) is 6.23. The Morgan fingerprint density at radius 3 is 2.48 bits per heavy atom. The van der Waals surface area contributed by atoms with Crippen LogP contribution in [0.1, 0.15) is 48.0 Å². The van der Waals surface area contributed by atoms with Crippen LogP contribution in [0.5, 0.6) is 0 Å². The Labute approximate surface area is 161 Å². The predicted molar refractivity (Wildman–Crippen MR) is 102 cm³/mol. The highest BCUT2D eigenvalue weighted by Gasteiger charge is 2.57. The van der Waals surface area contributed by atoms with Gasteiger partial charge in [0.25, 0.3) is 0 Å². The highest BCUT2D eigenvalue weighted by Crippen LogP contribution is 2.55. The normalized spacial score (nSPS) is 35.4. The molecule has 2 saturated heterocycles. The van der Waals surface area contributed by atoms with Crippen LogP contribution in [0.25, 0.3) is 0 Å². The average Bonchev–Trinajstić information content (AvgIpc) is 2.58. The summed E-state index contributed by atoms with van der Waals surface area (Å²) < 4.78 is 11.8. The number of benzene rings is 1. The van der Waals surface area contributed by atoms with Gasteiger partial charge in [-0.2, -0.15) is 0 Å². The number of amides is 1. The van der Waals surface area contributed by atoms with Crippen molar-refractivity contribution in [1.29, 1.82) is 0 Å². The van der Waals surface area contributed by atoms with Crippen LogP contribution in [0.2, 0.25) is 0 Å². The topological polar surface area (TPSA) is 64.8 Å². The van der Waals surface area contributed by atoms with Gasteiger partial charge in [-0.3, -0.25) is 9.69 Å². The maximum Gasteiger partial charge on any atom is 0.248 e. The highest BCUT2D eigenvalue weighted by atomic mass is 16.5. The van der Waals surface area contributed by atoms with E-state index in [9.17, 15) is 4.79 Å². The number of rotatable bonds is 4. The molecule has 2 N–H and O–H groups in total. The molecule has 4 fully saturated rings. The molecule has 1 spiro atoms. The Morgan fingerprint density at radius 1 is 1.22 bits per heavy atom. The summed E-state index contributed by atoms with van der Waals surface area (Å²) in [5.74, 6) is 0.563.